The van der Waals surface area contributed by atoms with Gasteiger partial charge < -0.3 is 14.6 Å². The summed E-state index contributed by atoms with van der Waals surface area (Å²) in [5.41, 5.74) is 1.58. The van der Waals surface area contributed by atoms with Gasteiger partial charge in [0, 0.05) is 17.9 Å². The average molecular weight is 395 g/mol. The predicted octanol–water partition coefficient (Wildman–Crippen LogP) is 4.72. The second-order valence-electron chi connectivity index (χ2n) is 6.60. The van der Waals surface area contributed by atoms with Crippen LogP contribution >= 0.6 is 11.6 Å². The Labute approximate surface area is 163 Å². The first-order valence-electron chi connectivity index (χ1n) is 8.82. The van der Waals surface area contributed by atoms with Crippen molar-refractivity contribution in [2.24, 2.45) is 0 Å². The number of benzene rings is 2. The van der Waals surface area contributed by atoms with Gasteiger partial charge in [0.1, 0.15) is 18.5 Å². The zero-order chi connectivity index (χ0) is 19.8. The molecule has 2 atom stereocenters. The summed E-state index contributed by atoms with van der Waals surface area (Å²) in [5, 5.41) is 9.88. The van der Waals surface area contributed by atoms with Gasteiger partial charge in [0.2, 0.25) is 0 Å². The molecule has 4 nitrogen and oxygen atoms in total. The van der Waals surface area contributed by atoms with Crippen LogP contribution in [-0.2, 0) is 22.4 Å². The van der Waals surface area contributed by atoms with E-state index in [4.69, 9.17) is 21.1 Å². The van der Waals surface area contributed by atoms with Gasteiger partial charge >= 0.3 is 5.97 Å². The van der Waals surface area contributed by atoms with E-state index in [9.17, 15) is 14.3 Å². The maximum Gasteiger partial charge on any atom is 0.333 e. The molecule has 27 heavy (non-hydrogen) atoms. The van der Waals surface area contributed by atoms with Crippen molar-refractivity contribution in [2.45, 2.75) is 45.1 Å². The maximum absolute atomic E-state index is 14.3. The van der Waals surface area contributed by atoms with E-state index in [1.54, 1.807) is 44.2 Å². The highest BCUT2D eigenvalue weighted by Gasteiger charge is 2.20. The van der Waals surface area contributed by atoms with Crippen LogP contribution in [0, 0.1) is 0 Å². The van der Waals surface area contributed by atoms with Crippen LogP contribution in [-0.4, -0.2) is 36.1 Å². The quantitative estimate of drug-likeness (QED) is 0.633. The molecular weight excluding hydrogens is 371 g/mol. The second-order valence-corrected chi connectivity index (χ2v) is 7.04. The minimum Gasteiger partial charge on any atom is -0.491 e. The lowest BCUT2D eigenvalue weighted by molar-refractivity contribution is -0.153. The minimum atomic E-state index is -1.18. The van der Waals surface area contributed by atoms with Crippen molar-refractivity contribution in [3.8, 4) is 5.75 Å². The Morgan fingerprint density at radius 1 is 1.11 bits per heavy atom. The first-order valence-corrected chi connectivity index (χ1v) is 9.20. The number of aliphatic carboxylic acids is 1. The molecule has 2 rings (SSSR count). The van der Waals surface area contributed by atoms with Gasteiger partial charge in [-0.3, -0.25) is 0 Å². The summed E-state index contributed by atoms with van der Waals surface area (Å²) in [6, 6.07) is 14.0. The smallest absolute Gasteiger partial charge is 0.333 e. The summed E-state index contributed by atoms with van der Waals surface area (Å²) in [7, 11) is 0. The Morgan fingerprint density at radius 3 is 2.33 bits per heavy atom. The van der Waals surface area contributed by atoms with Crippen LogP contribution in [0.2, 0.25) is 5.02 Å². The van der Waals surface area contributed by atoms with E-state index in [2.05, 4.69) is 0 Å². The van der Waals surface area contributed by atoms with Gasteiger partial charge in [-0.15, -0.1) is 0 Å². The molecule has 0 aliphatic rings. The zero-order valence-corrected chi connectivity index (χ0v) is 16.2. The maximum atomic E-state index is 14.3. The SMILES string of the molecule is CC(C)OC(Cc1cccc(CC(F)COc2ccc(Cl)cc2)c1)C(=O)O. The second kappa shape index (κ2) is 10.3. The summed E-state index contributed by atoms with van der Waals surface area (Å²) < 4.78 is 25.1. The molecule has 0 aromatic heterocycles. The molecule has 2 unspecified atom stereocenters. The fraction of sp³-hybridized carbons (Fsp3) is 0.381. The lowest BCUT2D eigenvalue weighted by Crippen LogP contribution is -2.29. The van der Waals surface area contributed by atoms with E-state index in [1.165, 1.54) is 0 Å². The highest BCUT2D eigenvalue weighted by atomic mass is 35.5. The highest BCUT2D eigenvalue weighted by molar-refractivity contribution is 6.30. The molecular formula is C21H24ClFO4. The molecule has 0 aliphatic heterocycles. The summed E-state index contributed by atoms with van der Waals surface area (Å²) in [4.78, 5) is 11.3. The van der Waals surface area contributed by atoms with Crippen molar-refractivity contribution in [3.05, 3.63) is 64.7 Å². The number of ether oxygens (including phenoxy) is 2. The molecule has 2 aromatic rings. The number of hydrogen-bond acceptors (Lipinski definition) is 3. The molecule has 0 saturated carbocycles. The molecule has 0 saturated heterocycles. The standard InChI is InChI=1S/C21H24ClFO4/c1-14(2)27-20(21(24)25)12-16-5-3-4-15(10-16)11-18(23)13-26-19-8-6-17(22)7-9-19/h3-10,14,18,20H,11-13H2,1-2H3,(H,24,25). The van der Waals surface area contributed by atoms with Crippen molar-refractivity contribution < 1.29 is 23.8 Å². The van der Waals surface area contributed by atoms with Crippen LogP contribution in [0.15, 0.2) is 48.5 Å². The normalized spacial score (nSPS) is 13.4. The van der Waals surface area contributed by atoms with E-state index in [0.717, 1.165) is 11.1 Å². The predicted molar refractivity (Wildman–Crippen MR) is 103 cm³/mol. The van der Waals surface area contributed by atoms with E-state index >= 15 is 0 Å². The third kappa shape index (κ3) is 7.57. The number of alkyl halides is 1. The largest absolute Gasteiger partial charge is 0.491 e. The molecule has 0 spiro atoms. The molecule has 0 aliphatic carbocycles. The Balaban J connectivity index is 1.91. The number of carbonyl (C=O) groups is 1. The number of hydrogen-bond donors (Lipinski definition) is 1. The molecule has 146 valence electrons. The fourth-order valence-electron chi connectivity index (χ4n) is 2.65. The summed E-state index contributed by atoms with van der Waals surface area (Å²) in [5.74, 6) is -0.445. The van der Waals surface area contributed by atoms with Crippen LogP contribution in [0.25, 0.3) is 0 Å². The van der Waals surface area contributed by atoms with Gasteiger partial charge in [0.05, 0.1) is 6.10 Å². The lowest BCUT2D eigenvalue weighted by Gasteiger charge is -2.17. The lowest BCUT2D eigenvalue weighted by atomic mass is 10.0. The number of halogens is 2. The van der Waals surface area contributed by atoms with E-state index in [0.29, 0.717) is 10.8 Å². The van der Waals surface area contributed by atoms with Gasteiger partial charge in [-0.2, -0.15) is 0 Å². The van der Waals surface area contributed by atoms with Gasteiger partial charge in [-0.25, -0.2) is 9.18 Å². The Morgan fingerprint density at radius 2 is 1.74 bits per heavy atom. The molecule has 6 heteroatoms. The van der Waals surface area contributed by atoms with Crippen LogP contribution < -0.4 is 4.74 Å². The molecule has 0 heterocycles. The highest BCUT2D eigenvalue weighted by Crippen LogP contribution is 2.17. The van der Waals surface area contributed by atoms with Gasteiger partial charge in [0.15, 0.2) is 6.10 Å². The number of carboxylic acid groups (broad SMARTS) is 1. The third-order valence-electron chi connectivity index (χ3n) is 3.83. The van der Waals surface area contributed by atoms with Gasteiger partial charge in [-0.05, 0) is 49.2 Å². The fourth-order valence-corrected chi connectivity index (χ4v) is 2.78. The molecule has 0 amide bonds. The third-order valence-corrected chi connectivity index (χ3v) is 4.08. The topological polar surface area (TPSA) is 55.8 Å². The number of carboxylic acids is 1. The first-order chi connectivity index (χ1) is 12.8. The van der Waals surface area contributed by atoms with Crippen LogP contribution in [0.1, 0.15) is 25.0 Å². The van der Waals surface area contributed by atoms with E-state index in [-0.39, 0.29) is 25.6 Å². The van der Waals surface area contributed by atoms with Crippen molar-refractivity contribution >= 4 is 17.6 Å². The molecule has 2 aromatic carbocycles. The number of rotatable bonds is 10. The summed E-state index contributed by atoms with van der Waals surface area (Å²) >= 11 is 5.80. The molecule has 0 fully saturated rings. The Kier molecular flexibility index (Phi) is 8.07. The van der Waals surface area contributed by atoms with Crippen molar-refractivity contribution in [3.63, 3.8) is 0 Å². The molecule has 1 N–H and O–H groups in total. The van der Waals surface area contributed by atoms with Crippen molar-refractivity contribution in [1.29, 1.82) is 0 Å². The van der Waals surface area contributed by atoms with Crippen LogP contribution in [0.4, 0.5) is 4.39 Å². The average Bonchev–Trinajstić information content (AvgIpc) is 2.60. The van der Waals surface area contributed by atoms with Gasteiger partial charge in [0.25, 0.3) is 0 Å². The molecule has 0 bridgehead atoms. The monoisotopic (exact) mass is 394 g/mol. The molecule has 0 radical (unpaired) electrons. The first kappa shape index (κ1) is 21.2. The van der Waals surface area contributed by atoms with Crippen molar-refractivity contribution in [2.75, 3.05) is 6.61 Å². The summed E-state index contributed by atoms with van der Waals surface area (Å²) in [6.07, 6.45) is -1.87. The van der Waals surface area contributed by atoms with Crippen LogP contribution in [0.5, 0.6) is 5.75 Å². The Hall–Kier alpha value is -2.11. The van der Waals surface area contributed by atoms with Crippen molar-refractivity contribution in [1.82, 2.24) is 0 Å². The van der Waals surface area contributed by atoms with Crippen LogP contribution in [0.3, 0.4) is 0 Å². The zero-order valence-electron chi connectivity index (χ0n) is 15.4. The van der Waals surface area contributed by atoms with E-state index < -0.39 is 18.2 Å². The summed E-state index contributed by atoms with van der Waals surface area (Å²) in [6.45, 7) is 3.52. The van der Waals surface area contributed by atoms with E-state index in [1.807, 2.05) is 18.2 Å². The minimum absolute atomic E-state index is 0.0694. The van der Waals surface area contributed by atoms with Gasteiger partial charge in [-0.1, -0.05) is 35.9 Å². The Bertz CT molecular complexity index is 733.